The molecule has 7 nitrogen and oxygen atoms in total. The SMILES string of the molecule is CCOc1ccc(C(C)=O)cc1COC(=O)/C=C/c1cn(Cc2ccccc2)nn1. The van der Waals surface area contributed by atoms with E-state index in [9.17, 15) is 9.59 Å². The molecular formula is C23H23N3O4. The van der Waals surface area contributed by atoms with Gasteiger partial charge in [-0.25, -0.2) is 9.48 Å². The molecule has 154 valence electrons. The van der Waals surface area contributed by atoms with Gasteiger partial charge in [0.2, 0.25) is 0 Å². The van der Waals surface area contributed by atoms with Crippen LogP contribution in [0.3, 0.4) is 0 Å². The van der Waals surface area contributed by atoms with E-state index in [1.54, 1.807) is 35.2 Å². The average Bonchev–Trinajstić information content (AvgIpc) is 3.19. The predicted molar refractivity (Wildman–Crippen MR) is 112 cm³/mol. The number of carbonyl (C=O) groups excluding carboxylic acids is 2. The van der Waals surface area contributed by atoms with Crippen molar-refractivity contribution in [3.8, 4) is 5.75 Å². The second-order valence-electron chi connectivity index (χ2n) is 6.58. The largest absolute Gasteiger partial charge is 0.493 e. The number of esters is 1. The van der Waals surface area contributed by atoms with E-state index in [1.165, 1.54) is 13.0 Å². The minimum absolute atomic E-state index is 0.000322. The molecule has 0 amide bonds. The van der Waals surface area contributed by atoms with Crippen LogP contribution < -0.4 is 4.74 Å². The number of carbonyl (C=O) groups is 2. The number of hydrogen-bond acceptors (Lipinski definition) is 6. The van der Waals surface area contributed by atoms with Gasteiger partial charge in [-0.2, -0.15) is 0 Å². The van der Waals surface area contributed by atoms with Gasteiger partial charge in [-0.1, -0.05) is 35.5 Å². The third-order valence-corrected chi connectivity index (χ3v) is 4.27. The molecule has 0 fully saturated rings. The number of aromatic nitrogens is 3. The minimum atomic E-state index is -0.525. The maximum atomic E-state index is 12.1. The van der Waals surface area contributed by atoms with Crippen molar-refractivity contribution in [2.24, 2.45) is 0 Å². The normalized spacial score (nSPS) is 10.9. The zero-order chi connectivity index (χ0) is 21.3. The van der Waals surface area contributed by atoms with Crippen molar-refractivity contribution in [3.05, 3.63) is 83.2 Å². The molecule has 1 heterocycles. The van der Waals surface area contributed by atoms with Crippen LogP contribution in [0.4, 0.5) is 0 Å². The topological polar surface area (TPSA) is 83.3 Å². The predicted octanol–water partition coefficient (Wildman–Crippen LogP) is 3.68. The smallest absolute Gasteiger partial charge is 0.331 e. The van der Waals surface area contributed by atoms with E-state index in [4.69, 9.17) is 9.47 Å². The lowest BCUT2D eigenvalue weighted by atomic mass is 10.1. The first-order chi connectivity index (χ1) is 14.5. The summed E-state index contributed by atoms with van der Waals surface area (Å²) in [5.74, 6) is -0.00414. The molecule has 0 radical (unpaired) electrons. The number of rotatable bonds is 9. The maximum Gasteiger partial charge on any atom is 0.331 e. The van der Waals surface area contributed by atoms with Crippen LogP contribution in [0.5, 0.6) is 5.75 Å². The summed E-state index contributed by atoms with van der Waals surface area (Å²) in [5, 5.41) is 8.09. The van der Waals surface area contributed by atoms with Crippen molar-refractivity contribution in [1.82, 2.24) is 15.0 Å². The molecule has 0 saturated heterocycles. The lowest BCUT2D eigenvalue weighted by Crippen LogP contribution is -2.05. The van der Waals surface area contributed by atoms with Crippen molar-refractivity contribution in [1.29, 1.82) is 0 Å². The second kappa shape index (κ2) is 10.2. The number of Topliss-reactive ketones (excluding diaryl/α,β-unsaturated/α-hetero) is 1. The maximum absolute atomic E-state index is 12.1. The summed E-state index contributed by atoms with van der Waals surface area (Å²) < 4.78 is 12.5. The highest BCUT2D eigenvalue weighted by Crippen LogP contribution is 2.22. The molecule has 0 unspecified atom stereocenters. The van der Waals surface area contributed by atoms with Gasteiger partial charge in [0.15, 0.2) is 5.78 Å². The first kappa shape index (κ1) is 21.0. The molecule has 0 aliphatic rings. The highest BCUT2D eigenvalue weighted by molar-refractivity contribution is 5.94. The molecule has 0 spiro atoms. The number of ketones is 1. The fourth-order valence-electron chi connectivity index (χ4n) is 2.80. The van der Waals surface area contributed by atoms with Crippen molar-refractivity contribution < 1.29 is 19.1 Å². The molecule has 0 bridgehead atoms. The summed E-state index contributed by atoms with van der Waals surface area (Å²) in [5.41, 5.74) is 2.84. The zero-order valence-corrected chi connectivity index (χ0v) is 16.9. The van der Waals surface area contributed by atoms with Gasteiger partial charge in [0.1, 0.15) is 18.1 Å². The third kappa shape index (κ3) is 5.88. The molecule has 2 aromatic carbocycles. The average molecular weight is 405 g/mol. The van der Waals surface area contributed by atoms with Crippen molar-refractivity contribution >= 4 is 17.8 Å². The van der Waals surface area contributed by atoms with E-state index in [-0.39, 0.29) is 12.4 Å². The number of benzene rings is 2. The highest BCUT2D eigenvalue weighted by atomic mass is 16.5. The molecule has 0 N–H and O–H groups in total. The Hall–Kier alpha value is -3.74. The summed E-state index contributed by atoms with van der Waals surface area (Å²) in [6.07, 6.45) is 4.60. The number of hydrogen-bond donors (Lipinski definition) is 0. The van der Waals surface area contributed by atoms with E-state index < -0.39 is 5.97 Å². The molecule has 1 aromatic heterocycles. The molecule has 0 aliphatic carbocycles. The summed E-state index contributed by atoms with van der Waals surface area (Å²) in [7, 11) is 0. The highest BCUT2D eigenvalue weighted by Gasteiger charge is 2.10. The van der Waals surface area contributed by atoms with Crippen LogP contribution >= 0.6 is 0 Å². The molecule has 3 rings (SSSR count). The van der Waals surface area contributed by atoms with Gasteiger partial charge in [-0.05, 0) is 43.7 Å². The Kier molecular flexibility index (Phi) is 7.10. The minimum Gasteiger partial charge on any atom is -0.493 e. The summed E-state index contributed by atoms with van der Waals surface area (Å²) in [6.45, 7) is 4.42. The van der Waals surface area contributed by atoms with Crippen LogP contribution in [0.25, 0.3) is 6.08 Å². The Morgan fingerprint density at radius 2 is 1.93 bits per heavy atom. The molecular weight excluding hydrogens is 382 g/mol. The zero-order valence-electron chi connectivity index (χ0n) is 16.9. The van der Waals surface area contributed by atoms with Crippen LogP contribution in [0.2, 0.25) is 0 Å². The van der Waals surface area contributed by atoms with Crippen LogP contribution in [-0.2, 0) is 22.7 Å². The van der Waals surface area contributed by atoms with Crippen molar-refractivity contribution in [2.75, 3.05) is 6.61 Å². The molecule has 3 aromatic rings. The first-order valence-electron chi connectivity index (χ1n) is 9.60. The van der Waals surface area contributed by atoms with Crippen LogP contribution in [0.1, 0.15) is 41.0 Å². The number of nitrogens with zero attached hydrogens (tertiary/aromatic N) is 3. The summed E-state index contributed by atoms with van der Waals surface area (Å²) in [4.78, 5) is 23.7. The van der Waals surface area contributed by atoms with Crippen LogP contribution in [-0.4, -0.2) is 33.4 Å². The molecule has 7 heteroatoms. The lowest BCUT2D eigenvalue weighted by molar-refractivity contribution is -0.138. The Bertz CT molecular complexity index is 1040. The van der Waals surface area contributed by atoms with Gasteiger partial charge in [-0.3, -0.25) is 4.79 Å². The van der Waals surface area contributed by atoms with Crippen LogP contribution in [0.15, 0.2) is 60.8 Å². The third-order valence-electron chi connectivity index (χ3n) is 4.27. The second-order valence-corrected chi connectivity index (χ2v) is 6.58. The Labute approximate surface area is 174 Å². The van der Waals surface area contributed by atoms with E-state index in [0.29, 0.717) is 35.7 Å². The lowest BCUT2D eigenvalue weighted by Gasteiger charge is -2.11. The van der Waals surface area contributed by atoms with E-state index in [0.717, 1.165) is 5.56 Å². The first-order valence-corrected chi connectivity index (χ1v) is 9.60. The Balaban J connectivity index is 1.59. The Morgan fingerprint density at radius 3 is 2.67 bits per heavy atom. The van der Waals surface area contributed by atoms with Gasteiger partial charge in [0.25, 0.3) is 0 Å². The Morgan fingerprint density at radius 1 is 1.13 bits per heavy atom. The molecule has 0 aliphatic heterocycles. The summed E-state index contributed by atoms with van der Waals surface area (Å²) in [6, 6.07) is 15.0. The van der Waals surface area contributed by atoms with Gasteiger partial charge >= 0.3 is 5.97 Å². The fraction of sp³-hybridized carbons (Fsp3) is 0.217. The van der Waals surface area contributed by atoms with Gasteiger partial charge in [0, 0.05) is 17.2 Å². The number of ether oxygens (including phenoxy) is 2. The van der Waals surface area contributed by atoms with Gasteiger partial charge in [-0.15, -0.1) is 5.10 Å². The van der Waals surface area contributed by atoms with Crippen molar-refractivity contribution in [2.45, 2.75) is 27.0 Å². The van der Waals surface area contributed by atoms with E-state index >= 15 is 0 Å². The fourth-order valence-corrected chi connectivity index (χ4v) is 2.80. The summed E-state index contributed by atoms with van der Waals surface area (Å²) >= 11 is 0. The monoisotopic (exact) mass is 405 g/mol. The standard InChI is InChI=1S/C23H23N3O4/c1-3-29-22-11-9-19(17(2)27)13-20(22)16-30-23(28)12-10-21-15-26(25-24-21)14-18-7-5-4-6-8-18/h4-13,15H,3,14,16H2,1-2H3/b12-10+. The molecule has 30 heavy (non-hydrogen) atoms. The van der Waals surface area contributed by atoms with E-state index in [2.05, 4.69) is 10.3 Å². The van der Waals surface area contributed by atoms with Crippen molar-refractivity contribution in [3.63, 3.8) is 0 Å². The molecule has 0 atom stereocenters. The quantitative estimate of drug-likeness (QED) is 0.307. The van der Waals surface area contributed by atoms with Gasteiger partial charge < -0.3 is 9.47 Å². The van der Waals surface area contributed by atoms with E-state index in [1.807, 2.05) is 37.3 Å². The molecule has 0 saturated carbocycles. The van der Waals surface area contributed by atoms with Crippen LogP contribution in [0, 0.1) is 0 Å². The van der Waals surface area contributed by atoms with Gasteiger partial charge in [0.05, 0.1) is 19.3 Å².